The number of fused-ring (bicyclic) bond motifs is 1. The largest absolute Gasteiger partial charge is 0.377 e. The summed E-state index contributed by atoms with van der Waals surface area (Å²) < 4.78 is 4.99. The first-order valence-corrected chi connectivity index (χ1v) is 9.32. The molecule has 0 aromatic carbocycles. The molecule has 0 fully saturated rings. The Morgan fingerprint density at radius 2 is 2.08 bits per heavy atom. The van der Waals surface area contributed by atoms with Crippen LogP contribution in [0.4, 0.5) is 5.13 Å². The number of amides is 1. The van der Waals surface area contributed by atoms with Crippen LogP contribution in [0.2, 0.25) is 0 Å². The van der Waals surface area contributed by atoms with E-state index in [2.05, 4.69) is 25.5 Å². The summed E-state index contributed by atoms with van der Waals surface area (Å²) in [6.07, 6.45) is 0. The summed E-state index contributed by atoms with van der Waals surface area (Å²) in [5, 5.41) is 12.1. The zero-order valence-corrected chi connectivity index (χ0v) is 16.4. The molecule has 0 bridgehead atoms. The van der Waals surface area contributed by atoms with Gasteiger partial charge >= 0.3 is 0 Å². The molecule has 0 aliphatic rings. The summed E-state index contributed by atoms with van der Waals surface area (Å²) in [6.45, 7) is 2.59. The molecule has 0 atom stereocenters. The minimum Gasteiger partial charge on any atom is -0.377 e. The van der Waals surface area contributed by atoms with Crippen molar-refractivity contribution in [3.8, 4) is 0 Å². The van der Waals surface area contributed by atoms with Gasteiger partial charge in [-0.3, -0.25) is 14.9 Å². The predicted molar refractivity (Wildman–Crippen MR) is 101 cm³/mol. The molecule has 9 nitrogen and oxygen atoms in total. The van der Waals surface area contributed by atoms with E-state index in [0.29, 0.717) is 49.8 Å². The van der Waals surface area contributed by atoms with E-state index in [1.54, 1.807) is 14.0 Å². The lowest BCUT2D eigenvalue weighted by molar-refractivity contribution is 0.103. The van der Waals surface area contributed by atoms with Crippen molar-refractivity contribution in [2.45, 2.75) is 20.1 Å². The number of aryl methyl sites for hydroxylation is 1. The van der Waals surface area contributed by atoms with Gasteiger partial charge in [-0.1, -0.05) is 11.3 Å². The lowest BCUT2D eigenvalue weighted by atomic mass is 10.2. The fraction of sp³-hybridized carbons (Fsp3) is 0.400. The smallest absolute Gasteiger partial charge is 0.267 e. The van der Waals surface area contributed by atoms with Crippen LogP contribution in [0.15, 0.2) is 4.79 Å². The van der Waals surface area contributed by atoms with E-state index in [4.69, 9.17) is 4.74 Å². The molecule has 11 heteroatoms. The molecule has 3 heterocycles. The minimum atomic E-state index is -0.334. The number of ether oxygens (including phenoxy) is 1. The molecule has 0 radical (unpaired) electrons. The second kappa shape index (κ2) is 7.58. The van der Waals surface area contributed by atoms with Crippen LogP contribution >= 0.6 is 22.7 Å². The number of hydrogen-bond donors (Lipinski definition) is 2. The minimum absolute atomic E-state index is 0.238. The van der Waals surface area contributed by atoms with Crippen LogP contribution in [0.1, 0.15) is 26.1 Å². The van der Waals surface area contributed by atoms with Gasteiger partial charge in [0.25, 0.3) is 11.5 Å². The van der Waals surface area contributed by atoms with E-state index in [1.165, 1.54) is 22.7 Å². The van der Waals surface area contributed by atoms with E-state index in [1.807, 2.05) is 19.0 Å². The fourth-order valence-corrected chi connectivity index (χ4v) is 4.22. The second-order valence-corrected chi connectivity index (χ2v) is 7.94. The number of nitrogens with one attached hydrogen (secondary N) is 2. The molecular formula is C15H18N6O3S2. The average Bonchev–Trinajstić information content (AvgIpc) is 3.11. The highest BCUT2D eigenvalue weighted by molar-refractivity contribution is 7.21. The van der Waals surface area contributed by atoms with Crippen molar-refractivity contribution in [2.75, 3.05) is 26.5 Å². The Kier molecular flexibility index (Phi) is 5.41. The quantitative estimate of drug-likeness (QED) is 0.653. The summed E-state index contributed by atoms with van der Waals surface area (Å²) in [6, 6.07) is 0. The molecule has 0 saturated heterocycles. The maximum atomic E-state index is 12.6. The second-order valence-electron chi connectivity index (χ2n) is 5.87. The van der Waals surface area contributed by atoms with Gasteiger partial charge in [0.2, 0.25) is 5.13 Å². The molecule has 1 amide bonds. The third kappa shape index (κ3) is 3.80. The van der Waals surface area contributed by atoms with Gasteiger partial charge in [0.1, 0.15) is 22.3 Å². The summed E-state index contributed by atoms with van der Waals surface area (Å²) in [7, 11) is 5.35. The van der Waals surface area contributed by atoms with Crippen LogP contribution in [0.25, 0.3) is 10.2 Å². The van der Waals surface area contributed by atoms with Gasteiger partial charge < -0.3 is 14.6 Å². The Morgan fingerprint density at radius 1 is 1.31 bits per heavy atom. The number of nitrogens with zero attached hydrogens (tertiary/aromatic N) is 4. The summed E-state index contributed by atoms with van der Waals surface area (Å²) in [5.74, 6) is 0.230. The maximum Gasteiger partial charge on any atom is 0.267 e. The van der Waals surface area contributed by atoms with Crippen molar-refractivity contribution < 1.29 is 9.53 Å². The Balaban J connectivity index is 1.91. The van der Waals surface area contributed by atoms with E-state index in [-0.39, 0.29) is 11.5 Å². The molecule has 0 aliphatic carbocycles. The Bertz CT molecular complexity index is 1010. The van der Waals surface area contributed by atoms with Gasteiger partial charge in [-0.15, -0.1) is 21.5 Å². The first-order valence-electron chi connectivity index (χ1n) is 7.68. The molecule has 138 valence electrons. The first kappa shape index (κ1) is 18.6. The van der Waals surface area contributed by atoms with Crippen LogP contribution in [-0.4, -0.2) is 52.2 Å². The number of anilines is 1. The van der Waals surface area contributed by atoms with Crippen molar-refractivity contribution in [3.63, 3.8) is 0 Å². The van der Waals surface area contributed by atoms with Crippen molar-refractivity contribution in [1.29, 1.82) is 0 Å². The molecule has 2 N–H and O–H groups in total. The van der Waals surface area contributed by atoms with E-state index < -0.39 is 0 Å². The van der Waals surface area contributed by atoms with Gasteiger partial charge in [0.05, 0.1) is 16.8 Å². The summed E-state index contributed by atoms with van der Waals surface area (Å²) >= 11 is 2.44. The number of H-pyrrole nitrogens is 1. The number of aromatic nitrogens is 4. The zero-order valence-electron chi connectivity index (χ0n) is 14.7. The molecule has 3 rings (SSSR count). The lowest BCUT2D eigenvalue weighted by Crippen LogP contribution is -2.18. The number of rotatable bonds is 6. The van der Waals surface area contributed by atoms with Crippen LogP contribution in [0, 0.1) is 6.92 Å². The summed E-state index contributed by atoms with van der Waals surface area (Å²) in [4.78, 5) is 35.1. The highest BCUT2D eigenvalue weighted by Gasteiger charge is 2.20. The van der Waals surface area contributed by atoms with Crippen molar-refractivity contribution in [2.24, 2.45) is 0 Å². The molecule has 0 aliphatic heterocycles. The number of carbonyl (C=O) groups excluding carboxylic acids is 1. The van der Waals surface area contributed by atoms with Gasteiger partial charge in [-0.05, 0) is 26.6 Å². The highest BCUT2D eigenvalue weighted by Crippen LogP contribution is 2.28. The Morgan fingerprint density at radius 3 is 2.77 bits per heavy atom. The molecule has 0 unspecified atom stereocenters. The monoisotopic (exact) mass is 394 g/mol. The molecule has 3 aromatic rings. The molecule has 26 heavy (non-hydrogen) atoms. The van der Waals surface area contributed by atoms with Gasteiger partial charge in [-0.2, -0.15) is 0 Å². The van der Waals surface area contributed by atoms with E-state index in [9.17, 15) is 9.59 Å². The average molecular weight is 394 g/mol. The molecular weight excluding hydrogens is 376 g/mol. The number of thiophene rings is 1. The number of carbonyl (C=O) groups is 1. The predicted octanol–water partition coefficient (Wildman–Crippen LogP) is 1.60. The zero-order chi connectivity index (χ0) is 18.8. The van der Waals surface area contributed by atoms with Crippen LogP contribution < -0.4 is 10.9 Å². The lowest BCUT2D eigenvalue weighted by Gasteiger charge is -2.07. The van der Waals surface area contributed by atoms with E-state index >= 15 is 0 Å². The molecule has 0 spiro atoms. The number of methoxy groups -OCH3 is 1. The standard InChI is InChI=1S/C15H18N6O3S2/c1-7-10-12(22)16-8(5-21(2)3)17-14(10)26-11(7)13(23)18-15-20-19-9(25-15)6-24-4/h5-6H2,1-4H3,(H,16,17,22)(H,18,20,23). The van der Waals surface area contributed by atoms with Crippen LogP contribution in [-0.2, 0) is 17.9 Å². The first-order chi connectivity index (χ1) is 12.4. The van der Waals surface area contributed by atoms with Gasteiger partial charge in [0.15, 0.2) is 0 Å². The SMILES string of the molecule is COCc1nnc(NC(=O)c2sc3nc(CN(C)C)[nH]c(=O)c3c2C)s1. The van der Waals surface area contributed by atoms with Crippen molar-refractivity contribution >= 4 is 43.9 Å². The maximum absolute atomic E-state index is 12.6. The third-order valence-electron chi connectivity index (χ3n) is 3.48. The third-order valence-corrected chi connectivity index (χ3v) is 5.47. The molecule has 0 saturated carbocycles. The topological polar surface area (TPSA) is 113 Å². The van der Waals surface area contributed by atoms with Gasteiger partial charge in [0, 0.05) is 7.11 Å². The molecule has 3 aromatic heterocycles. The van der Waals surface area contributed by atoms with Gasteiger partial charge in [-0.25, -0.2) is 4.98 Å². The van der Waals surface area contributed by atoms with Crippen molar-refractivity contribution in [1.82, 2.24) is 25.1 Å². The van der Waals surface area contributed by atoms with E-state index in [0.717, 1.165) is 0 Å². The number of hydrogen-bond acceptors (Lipinski definition) is 9. The highest BCUT2D eigenvalue weighted by atomic mass is 32.1. The normalized spacial score (nSPS) is 11.4. The number of aromatic amines is 1. The summed E-state index contributed by atoms with van der Waals surface area (Å²) in [5.41, 5.74) is 0.368. The van der Waals surface area contributed by atoms with Crippen LogP contribution in [0.5, 0.6) is 0 Å². The van der Waals surface area contributed by atoms with Crippen molar-refractivity contribution in [3.05, 3.63) is 31.6 Å². The fourth-order valence-electron chi connectivity index (χ4n) is 2.42. The Labute approximate surface area is 157 Å². The Hall–Kier alpha value is -2.21. The van der Waals surface area contributed by atoms with Crippen LogP contribution in [0.3, 0.4) is 0 Å².